The number of fused-ring (bicyclic) bond motifs is 5. The third kappa shape index (κ3) is 5.26. The molecule has 43 heavy (non-hydrogen) atoms. The average molecular weight is 595 g/mol. The SMILES string of the molecule is COC(=O)c1cc(OCc2ccccc2)c2c(c1)N1C(OC(C)=O)[C@H]3[C@@H](C1[C@@]2(C=O)COC(C)=O)N3C(=O)OC(C)(C)C. The Morgan fingerprint density at radius 3 is 2.28 bits per heavy atom. The fourth-order valence-electron chi connectivity index (χ4n) is 6.14. The Bertz CT molecular complexity index is 1470. The summed E-state index contributed by atoms with van der Waals surface area (Å²) in [5.74, 6) is -1.71. The normalized spacial score (nSPS) is 24.7. The summed E-state index contributed by atoms with van der Waals surface area (Å²) in [7, 11) is 1.24. The maximum atomic E-state index is 13.3. The first-order valence-electron chi connectivity index (χ1n) is 13.8. The number of aldehydes is 1. The maximum Gasteiger partial charge on any atom is 0.411 e. The summed E-state index contributed by atoms with van der Waals surface area (Å²) >= 11 is 0. The van der Waals surface area contributed by atoms with Gasteiger partial charge >= 0.3 is 24.0 Å². The van der Waals surface area contributed by atoms with E-state index in [-0.39, 0.29) is 17.9 Å². The summed E-state index contributed by atoms with van der Waals surface area (Å²) in [6, 6.07) is 10.1. The molecule has 0 aliphatic carbocycles. The number of piperazine rings is 1. The molecule has 0 N–H and O–H groups in total. The monoisotopic (exact) mass is 594 g/mol. The van der Waals surface area contributed by atoms with Crippen LogP contribution in [0.1, 0.15) is 56.1 Å². The molecule has 0 radical (unpaired) electrons. The molecule has 0 aromatic heterocycles. The summed E-state index contributed by atoms with van der Waals surface area (Å²) < 4.78 is 28.1. The summed E-state index contributed by atoms with van der Waals surface area (Å²) in [5.41, 5.74) is -0.733. The van der Waals surface area contributed by atoms with Gasteiger partial charge in [-0.15, -0.1) is 0 Å². The Kier molecular flexibility index (Phi) is 7.57. The van der Waals surface area contributed by atoms with Crippen molar-refractivity contribution >= 4 is 36.0 Å². The van der Waals surface area contributed by atoms with E-state index in [1.807, 2.05) is 30.3 Å². The number of methoxy groups -OCH3 is 1. The number of hydrogen-bond acceptors (Lipinski definition) is 11. The van der Waals surface area contributed by atoms with Gasteiger partial charge in [-0.3, -0.25) is 14.5 Å². The number of carbonyl (C=O) groups is 5. The molecule has 3 aliphatic heterocycles. The predicted molar refractivity (Wildman–Crippen MR) is 150 cm³/mol. The molecule has 2 unspecified atom stereocenters. The lowest BCUT2D eigenvalue weighted by Crippen LogP contribution is -2.55. The van der Waals surface area contributed by atoms with Crippen molar-refractivity contribution in [1.29, 1.82) is 0 Å². The molecule has 0 bridgehead atoms. The number of anilines is 1. The molecule has 2 fully saturated rings. The van der Waals surface area contributed by atoms with E-state index < -0.39 is 66.0 Å². The molecule has 12 nitrogen and oxygen atoms in total. The van der Waals surface area contributed by atoms with Crippen molar-refractivity contribution in [2.75, 3.05) is 18.6 Å². The Labute approximate surface area is 248 Å². The van der Waals surface area contributed by atoms with Crippen LogP contribution < -0.4 is 9.64 Å². The van der Waals surface area contributed by atoms with Crippen molar-refractivity contribution < 1.29 is 47.7 Å². The van der Waals surface area contributed by atoms with Gasteiger partial charge in [0.1, 0.15) is 42.3 Å². The molecule has 3 aliphatic rings. The highest BCUT2D eigenvalue weighted by atomic mass is 16.6. The zero-order valence-electron chi connectivity index (χ0n) is 24.8. The largest absolute Gasteiger partial charge is 0.488 e. The van der Waals surface area contributed by atoms with Crippen LogP contribution in [-0.2, 0) is 45.4 Å². The van der Waals surface area contributed by atoms with E-state index in [1.165, 1.54) is 38.0 Å². The van der Waals surface area contributed by atoms with Crippen molar-refractivity contribution in [1.82, 2.24) is 4.90 Å². The maximum absolute atomic E-state index is 13.3. The first-order valence-corrected chi connectivity index (χ1v) is 13.8. The zero-order valence-corrected chi connectivity index (χ0v) is 24.8. The van der Waals surface area contributed by atoms with Crippen molar-refractivity contribution in [2.24, 2.45) is 0 Å². The molecular weight excluding hydrogens is 560 g/mol. The Hall–Kier alpha value is -4.61. The average Bonchev–Trinajstić information content (AvgIpc) is 3.50. The molecule has 5 atom stereocenters. The van der Waals surface area contributed by atoms with Crippen LogP contribution in [0.25, 0.3) is 0 Å². The molecular formula is C31H34N2O10. The fourth-order valence-corrected chi connectivity index (χ4v) is 6.14. The number of ether oxygens (including phenoxy) is 5. The van der Waals surface area contributed by atoms with E-state index >= 15 is 0 Å². The number of carbonyl (C=O) groups excluding carboxylic acids is 5. The van der Waals surface area contributed by atoms with E-state index in [9.17, 15) is 24.0 Å². The molecule has 2 aromatic carbocycles. The molecule has 5 rings (SSSR count). The lowest BCUT2D eigenvalue weighted by molar-refractivity contribution is -0.146. The lowest BCUT2D eigenvalue weighted by atomic mass is 9.76. The Morgan fingerprint density at radius 1 is 1.00 bits per heavy atom. The van der Waals surface area contributed by atoms with Crippen molar-refractivity contribution in [2.45, 2.75) is 76.6 Å². The second kappa shape index (κ2) is 10.9. The van der Waals surface area contributed by atoms with Gasteiger partial charge in [0.2, 0.25) is 0 Å². The van der Waals surface area contributed by atoms with Gasteiger partial charge in [0.15, 0.2) is 6.23 Å². The third-order valence-corrected chi connectivity index (χ3v) is 7.72. The molecule has 0 saturated carbocycles. The number of benzene rings is 2. The van der Waals surface area contributed by atoms with E-state index in [0.717, 1.165) is 5.56 Å². The van der Waals surface area contributed by atoms with Gasteiger partial charge in [-0.25, -0.2) is 9.59 Å². The van der Waals surface area contributed by atoms with Gasteiger partial charge < -0.3 is 33.4 Å². The van der Waals surface area contributed by atoms with Gasteiger partial charge in [-0.1, -0.05) is 30.3 Å². The van der Waals surface area contributed by atoms with E-state index in [4.69, 9.17) is 23.7 Å². The van der Waals surface area contributed by atoms with Crippen LogP contribution in [0.15, 0.2) is 42.5 Å². The van der Waals surface area contributed by atoms with Crippen molar-refractivity contribution in [3.63, 3.8) is 0 Å². The van der Waals surface area contributed by atoms with E-state index in [2.05, 4.69) is 0 Å². The minimum Gasteiger partial charge on any atom is -0.488 e. The highest BCUT2D eigenvalue weighted by Gasteiger charge is 2.77. The number of esters is 3. The van der Waals surface area contributed by atoms with Gasteiger partial charge in [0, 0.05) is 25.1 Å². The van der Waals surface area contributed by atoms with Crippen LogP contribution in [0.4, 0.5) is 10.5 Å². The first-order chi connectivity index (χ1) is 20.3. The summed E-state index contributed by atoms with van der Waals surface area (Å²) in [6.45, 7) is 7.35. The van der Waals surface area contributed by atoms with E-state index in [1.54, 1.807) is 25.7 Å². The number of rotatable bonds is 8. The van der Waals surface area contributed by atoms with Crippen LogP contribution in [0, 0.1) is 0 Å². The van der Waals surface area contributed by atoms with Gasteiger partial charge in [0.25, 0.3) is 0 Å². The van der Waals surface area contributed by atoms with E-state index in [0.29, 0.717) is 17.5 Å². The molecule has 1 amide bonds. The predicted octanol–water partition coefficient (Wildman–Crippen LogP) is 3.13. The van der Waals surface area contributed by atoms with Crippen molar-refractivity contribution in [3.05, 3.63) is 59.2 Å². The molecule has 228 valence electrons. The van der Waals surface area contributed by atoms with Crippen LogP contribution in [0.3, 0.4) is 0 Å². The summed E-state index contributed by atoms with van der Waals surface area (Å²) in [5, 5.41) is 0. The first kappa shape index (κ1) is 29.9. The van der Waals surface area contributed by atoms with Crippen LogP contribution in [0.5, 0.6) is 5.75 Å². The summed E-state index contributed by atoms with van der Waals surface area (Å²) in [6.07, 6.45) is -1.00. The quantitative estimate of drug-likeness (QED) is 0.193. The van der Waals surface area contributed by atoms with Crippen molar-refractivity contribution in [3.8, 4) is 5.75 Å². The third-order valence-electron chi connectivity index (χ3n) is 7.72. The molecule has 2 saturated heterocycles. The summed E-state index contributed by atoms with van der Waals surface area (Å²) in [4.78, 5) is 67.0. The van der Waals surface area contributed by atoms with Crippen LogP contribution in [0.2, 0.25) is 0 Å². The molecule has 0 spiro atoms. The van der Waals surface area contributed by atoms with Crippen LogP contribution in [-0.4, -0.2) is 78.9 Å². The number of amides is 1. The lowest BCUT2D eigenvalue weighted by Gasteiger charge is -2.36. The van der Waals surface area contributed by atoms with Gasteiger partial charge in [-0.05, 0) is 38.5 Å². The molecule has 2 aromatic rings. The van der Waals surface area contributed by atoms with Gasteiger partial charge in [0.05, 0.1) is 24.8 Å². The highest BCUT2D eigenvalue weighted by molar-refractivity contribution is 5.95. The second-order valence-electron chi connectivity index (χ2n) is 11.8. The molecule has 3 heterocycles. The Balaban J connectivity index is 1.69. The topological polar surface area (TPSA) is 138 Å². The van der Waals surface area contributed by atoms with Crippen LogP contribution >= 0.6 is 0 Å². The number of nitrogens with zero attached hydrogens (tertiary/aromatic N) is 2. The minimum atomic E-state index is -1.57. The smallest absolute Gasteiger partial charge is 0.411 e. The second-order valence-corrected chi connectivity index (χ2v) is 11.8. The Morgan fingerprint density at radius 2 is 1.70 bits per heavy atom. The standard InChI is InChI=1S/C31H34N2O10/c1-17(35)41-16-31(15-34)23-21(12-20(28(37)39-6)13-22(23)40-14-19-10-8-7-9-11-19)32-26(31)24-25(27(32)42-18(2)36)33(24)29(38)43-30(3,4)5/h7-13,15,24-27H,14,16H2,1-6H3/t24-,25+,26?,27?,31-,33?/m0/s1. The zero-order chi connectivity index (χ0) is 31.3. The fraction of sp³-hybridized carbons (Fsp3) is 0.452. The molecule has 12 heteroatoms. The minimum absolute atomic E-state index is 0.0918. The number of hydrogen-bond donors (Lipinski definition) is 0. The van der Waals surface area contributed by atoms with Gasteiger partial charge in [-0.2, -0.15) is 0 Å². The highest BCUT2D eigenvalue weighted by Crippen LogP contribution is 2.61.